The van der Waals surface area contributed by atoms with Crippen LogP contribution in [0.25, 0.3) is 0 Å². The fraction of sp³-hybridized carbons (Fsp3) is 0.500. The van der Waals surface area contributed by atoms with Crippen LogP contribution in [0.1, 0.15) is 44.2 Å². The highest BCUT2D eigenvalue weighted by Gasteiger charge is 2.70. The van der Waals surface area contributed by atoms with Crippen molar-refractivity contribution in [2.75, 3.05) is 0 Å². The smallest absolute Gasteiger partial charge is 0.249 e. The number of amides is 1. The van der Waals surface area contributed by atoms with Gasteiger partial charge in [0.2, 0.25) is 5.91 Å². The summed E-state index contributed by atoms with van der Waals surface area (Å²) in [7, 11) is 0. The Kier molecular flexibility index (Phi) is 2.05. The monoisotopic (exact) mass is 254 g/mol. The lowest BCUT2D eigenvalue weighted by molar-refractivity contribution is -0.210. The molecule has 5 rings (SSSR count). The third-order valence-electron chi connectivity index (χ3n) is 4.97. The molecule has 0 N–H and O–H groups in total. The zero-order valence-electron chi connectivity index (χ0n) is 11.2. The molecule has 0 saturated heterocycles. The number of rotatable bonds is 2. The van der Waals surface area contributed by atoms with E-state index in [0.717, 1.165) is 25.7 Å². The maximum absolute atomic E-state index is 12.7. The third-order valence-corrected chi connectivity index (χ3v) is 4.97. The van der Waals surface area contributed by atoms with E-state index in [2.05, 4.69) is 24.2 Å². The first-order chi connectivity index (χ1) is 9.12. The van der Waals surface area contributed by atoms with Crippen LogP contribution in [0, 0.1) is 10.8 Å². The molecular weight excluding hydrogens is 236 g/mol. The molecule has 2 bridgehead atoms. The van der Waals surface area contributed by atoms with Crippen LogP contribution in [0.3, 0.4) is 0 Å². The van der Waals surface area contributed by atoms with Crippen LogP contribution in [0.4, 0.5) is 0 Å². The molecule has 0 radical (unpaired) electrons. The summed E-state index contributed by atoms with van der Waals surface area (Å²) < 4.78 is 0. The number of hydrazone groups is 1. The first-order valence-corrected chi connectivity index (χ1v) is 7.03. The van der Waals surface area contributed by atoms with Crippen LogP contribution < -0.4 is 0 Å². The van der Waals surface area contributed by atoms with Gasteiger partial charge in [-0.25, -0.2) is 5.01 Å². The standard InChI is InChI=1S/C16H18N2O/c1-15-9-16(10-15,11-15)14(19)18-13(7-8-17-18)12-5-3-2-4-6-12/h2-6,8,13H,7,9-11H2,1H3. The first kappa shape index (κ1) is 11.2. The Morgan fingerprint density at radius 3 is 2.58 bits per heavy atom. The Morgan fingerprint density at radius 2 is 1.95 bits per heavy atom. The highest BCUT2D eigenvalue weighted by Crippen LogP contribution is 2.73. The summed E-state index contributed by atoms with van der Waals surface area (Å²) in [5, 5.41) is 6.09. The van der Waals surface area contributed by atoms with Crippen molar-refractivity contribution in [3.05, 3.63) is 35.9 Å². The second kappa shape index (κ2) is 3.47. The van der Waals surface area contributed by atoms with Crippen molar-refractivity contribution in [2.45, 2.75) is 38.6 Å². The van der Waals surface area contributed by atoms with Gasteiger partial charge in [-0.1, -0.05) is 37.3 Å². The minimum atomic E-state index is -0.0660. The highest BCUT2D eigenvalue weighted by atomic mass is 16.2. The Hall–Kier alpha value is -1.64. The second-order valence-corrected chi connectivity index (χ2v) is 6.73. The van der Waals surface area contributed by atoms with Gasteiger partial charge >= 0.3 is 0 Å². The zero-order chi connectivity index (χ0) is 13.1. The van der Waals surface area contributed by atoms with Gasteiger partial charge in [-0.2, -0.15) is 5.10 Å². The molecule has 1 unspecified atom stereocenters. The topological polar surface area (TPSA) is 32.7 Å². The number of carbonyl (C=O) groups excluding carboxylic acids is 1. The maximum atomic E-state index is 12.7. The largest absolute Gasteiger partial charge is 0.272 e. The third kappa shape index (κ3) is 1.44. The quantitative estimate of drug-likeness (QED) is 0.798. The van der Waals surface area contributed by atoms with Gasteiger partial charge in [-0.3, -0.25) is 4.79 Å². The number of hydrogen-bond donors (Lipinski definition) is 0. The van der Waals surface area contributed by atoms with Crippen LogP contribution in [-0.4, -0.2) is 17.1 Å². The molecule has 1 aromatic rings. The van der Waals surface area contributed by atoms with Gasteiger partial charge in [0.25, 0.3) is 0 Å². The van der Waals surface area contributed by atoms with E-state index in [1.165, 1.54) is 5.56 Å². The molecule has 19 heavy (non-hydrogen) atoms. The molecule has 1 heterocycles. The van der Waals surface area contributed by atoms with Gasteiger partial charge in [0.1, 0.15) is 0 Å². The van der Waals surface area contributed by atoms with E-state index < -0.39 is 0 Å². The van der Waals surface area contributed by atoms with E-state index in [0.29, 0.717) is 5.41 Å². The van der Waals surface area contributed by atoms with Crippen LogP contribution in [-0.2, 0) is 4.79 Å². The molecule has 3 saturated carbocycles. The van der Waals surface area contributed by atoms with Crippen LogP contribution in [0.2, 0.25) is 0 Å². The fourth-order valence-corrected chi connectivity index (χ4v) is 4.33. The lowest BCUT2D eigenvalue weighted by Gasteiger charge is -2.68. The predicted molar refractivity (Wildman–Crippen MR) is 73.5 cm³/mol. The highest BCUT2D eigenvalue weighted by molar-refractivity contribution is 5.88. The van der Waals surface area contributed by atoms with Crippen molar-refractivity contribution in [3.63, 3.8) is 0 Å². The van der Waals surface area contributed by atoms with Gasteiger partial charge in [0.15, 0.2) is 0 Å². The Labute approximate surface area is 113 Å². The molecule has 1 aromatic carbocycles. The first-order valence-electron chi connectivity index (χ1n) is 7.03. The molecule has 3 heteroatoms. The number of nitrogens with zero attached hydrogens (tertiary/aromatic N) is 2. The summed E-state index contributed by atoms with van der Waals surface area (Å²) >= 11 is 0. The van der Waals surface area contributed by atoms with Crippen molar-refractivity contribution in [1.82, 2.24) is 5.01 Å². The van der Waals surface area contributed by atoms with E-state index >= 15 is 0 Å². The van der Waals surface area contributed by atoms with E-state index in [1.807, 2.05) is 24.4 Å². The van der Waals surface area contributed by atoms with Crippen molar-refractivity contribution < 1.29 is 4.79 Å². The molecule has 3 nitrogen and oxygen atoms in total. The Bertz CT molecular complexity index is 544. The molecular formula is C16H18N2O. The molecule has 0 spiro atoms. The Morgan fingerprint density at radius 1 is 1.26 bits per heavy atom. The lowest BCUT2D eigenvalue weighted by atomic mass is 9.35. The predicted octanol–water partition coefficient (Wildman–Crippen LogP) is 3.14. The SMILES string of the molecule is CC12CC(C(=O)N3N=CCC3c3ccccc3)(C1)C2. The van der Waals surface area contributed by atoms with Gasteiger partial charge in [-0.15, -0.1) is 0 Å². The molecule has 1 amide bonds. The molecule has 1 atom stereocenters. The number of hydrogen-bond acceptors (Lipinski definition) is 2. The lowest BCUT2D eigenvalue weighted by Crippen LogP contribution is -2.66. The average Bonchev–Trinajstić information content (AvgIpc) is 2.83. The summed E-state index contributed by atoms with van der Waals surface area (Å²) in [6.07, 6.45) is 5.90. The maximum Gasteiger partial charge on any atom is 0.249 e. The Balaban J connectivity index is 1.57. The van der Waals surface area contributed by atoms with E-state index in [9.17, 15) is 4.79 Å². The molecule has 4 aliphatic rings. The molecule has 3 aliphatic carbocycles. The number of carbonyl (C=O) groups is 1. The molecule has 0 aromatic heterocycles. The van der Waals surface area contributed by atoms with Crippen molar-refractivity contribution in [2.24, 2.45) is 15.9 Å². The van der Waals surface area contributed by atoms with Crippen LogP contribution in [0.15, 0.2) is 35.4 Å². The van der Waals surface area contributed by atoms with Gasteiger partial charge in [-0.05, 0) is 30.2 Å². The second-order valence-electron chi connectivity index (χ2n) is 6.73. The van der Waals surface area contributed by atoms with E-state index in [1.54, 1.807) is 5.01 Å². The van der Waals surface area contributed by atoms with E-state index in [-0.39, 0.29) is 17.4 Å². The minimum absolute atomic E-state index is 0.0660. The summed E-state index contributed by atoms with van der Waals surface area (Å²) in [6.45, 7) is 2.28. The van der Waals surface area contributed by atoms with Gasteiger partial charge in [0, 0.05) is 12.6 Å². The van der Waals surface area contributed by atoms with Crippen molar-refractivity contribution in [3.8, 4) is 0 Å². The van der Waals surface area contributed by atoms with E-state index in [4.69, 9.17) is 0 Å². The normalized spacial score (nSPS) is 38.8. The summed E-state index contributed by atoms with van der Waals surface area (Å²) in [5.74, 6) is 0.249. The van der Waals surface area contributed by atoms with Gasteiger partial charge in [0.05, 0.1) is 11.5 Å². The molecule has 1 aliphatic heterocycles. The van der Waals surface area contributed by atoms with Crippen molar-refractivity contribution >= 4 is 12.1 Å². The molecule has 98 valence electrons. The average molecular weight is 254 g/mol. The fourth-order valence-electron chi connectivity index (χ4n) is 4.33. The molecule has 3 fully saturated rings. The summed E-state index contributed by atoms with van der Waals surface area (Å²) in [5.41, 5.74) is 1.58. The van der Waals surface area contributed by atoms with Gasteiger partial charge < -0.3 is 0 Å². The minimum Gasteiger partial charge on any atom is -0.272 e. The van der Waals surface area contributed by atoms with Crippen molar-refractivity contribution in [1.29, 1.82) is 0 Å². The van der Waals surface area contributed by atoms with Crippen LogP contribution >= 0.6 is 0 Å². The zero-order valence-corrected chi connectivity index (χ0v) is 11.2. The summed E-state index contributed by atoms with van der Waals surface area (Å²) in [6, 6.07) is 10.3. The van der Waals surface area contributed by atoms with Crippen LogP contribution in [0.5, 0.6) is 0 Å². The summed E-state index contributed by atoms with van der Waals surface area (Å²) in [4.78, 5) is 12.7. The number of benzene rings is 1.